The van der Waals surface area contributed by atoms with Crippen LogP contribution < -0.4 is 14.7 Å². The van der Waals surface area contributed by atoms with Crippen LogP contribution in [-0.4, -0.2) is 13.7 Å². The van der Waals surface area contributed by atoms with Crippen LogP contribution in [-0.2, 0) is 0 Å². The molecule has 0 bridgehead atoms. The molecule has 6 nitrogen and oxygen atoms in total. The van der Waals surface area contributed by atoms with Gasteiger partial charge < -0.3 is 28.4 Å². The van der Waals surface area contributed by atoms with Gasteiger partial charge in [0.1, 0.15) is 0 Å². The Labute approximate surface area is 871 Å². The van der Waals surface area contributed by atoms with Crippen LogP contribution in [0.15, 0.2) is 516 Å². The minimum absolute atomic E-state index is 0.493. The van der Waals surface area contributed by atoms with Crippen LogP contribution in [0.4, 0.5) is 51.2 Å². The van der Waals surface area contributed by atoms with Crippen molar-refractivity contribution >= 4 is 117 Å². The van der Waals surface area contributed by atoms with Gasteiger partial charge in [-0.3, -0.25) is 0 Å². The summed E-state index contributed by atoms with van der Waals surface area (Å²) >= 11 is 0. The van der Waals surface area contributed by atoms with Gasteiger partial charge in [-0.05, 0) is 357 Å². The van der Waals surface area contributed by atoms with Gasteiger partial charge in [0, 0.05) is 101 Å². The van der Waals surface area contributed by atoms with E-state index in [-0.39, 0.29) is 0 Å². The van der Waals surface area contributed by atoms with Crippen molar-refractivity contribution in [3.05, 3.63) is 543 Å². The molecule has 3 unspecified atom stereocenters. The molecule has 24 aromatic rings. The number of aromatic nitrogens is 3. The molecule has 3 heterocycles. The summed E-state index contributed by atoms with van der Waals surface area (Å²) in [5, 5.41) is 7.55. The third-order valence-corrected chi connectivity index (χ3v) is 30.2. The zero-order valence-electron chi connectivity index (χ0n) is 85.7. The van der Waals surface area contributed by atoms with Crippen LogP contribution in [0, 0.1) is 6.92 Å². The highest BCUT2D eigenvalue weighted by Gasteiger charge is 2.24. The van der Waals surface area contributed by atoms with Crippen LogP contribution in [0.25, 0.3) is 149 Å². The molecular weight excluding hydrogens is 1790 g/mol. The number of fused-ring (bicyclic) bond motifs is 9. The number of hydrogen-bond donors (Lipinski definition) is 0. The summed E-state index contributed by atoms with van der Waals surface area (Å²) in [6.45, 7) is 20.3. The Kier molecular flexibility index (Phi) is 27.5. The molecule has 0 radical (unpaired) electrons. The van der Waals surface area contributed by atoms with Gasteiger partial charge in [-0.1, -0.05) is 358 Å². The third-order valence-electron chi connectivity index (χ3n) is 30.2. The zero-order chi connectivity index (χ0) is 101. The summed E-state index contributed by atoms with van der Waals surface area (Å²) in [4.78, 5) is 6.92. The van der Waals surface area contributed by atoms with E-state index in [1.165, 1.54) is 177 Å². The molecule has 0 spiro atoms. The van der Waals surface area contributed by atoms with Crippen LogP contribution in [0.1, 0.15) is 126 Å². The fourth-order valence-corrected chi connectivity index (χ4v) is 21.2. The lowest BCUT2D eigenvalue weighted by Gasteiger charge is -2.25. The van der Waals surface area contributed by atoms with E-state index >= 15 is 0 Å². The molecule has 0 fully saturated rings. The summed E-state index contributed by atoms with van der Waals surface area (Å²) < 4.78 is 7.23. The van der Waals surface area contributed by atoms with E-state index in [0.29, 0.717) is 23.7 Å². The highest BCUT2D eigenvalue weighted by Crippen LogP contribution is 2.47. The normalized spacial score (nSPS) is 12.0. The first kappa shape index (κ1) is 95.3. The molecule has 720 valence electrons. The smallest absolute Gasteiger partial charge is 0.0541 e. The van der Waals surface area contributed by atoms with Gasteiger partial charge in [0.05, 0.1) is 33.1 Å². The second kappa shape index (κ2) is 42.8. The maximum absolute atomic E-state index is 2.43. The summed E-state index contributed by atoms with van der Waals surface area (Å²) in [5.41, 5.74) is 42.5. The summed E-state index contributed by atoms with van der Waals surface area (Å²) in [6, 6.07) is 188. The van der Waals surface area contributed by atoms with Gasteiger partial charge in [0.15, 0.2) is 0 Å². The lowest BCUT2D eigenvalue weighted by atomic mass is 9.95. The summed E-state index contributed by atoms with van der Waals surface area (Å²) in [7, 11) is 0. The van der Waals surface area contributed by atoms with E-state index in [1.54, 1.807) is 0 Å². The highest BCUT2D eigenvalue weighted by molar-refractivity contribution is 6.15. The lowest BCUT2D eigenvalue weighted by Crippen LogP contribution is -2.09. The van der Waals surface area contributed by atoms with Crippen molar-refractivity contribution in [2.75, 3.05) is 14.7 Å². The van der Waals surface area contributed by atoms with Crippen molar-refractivity contribution < 1.29 is 0 Å². The zero-order valence-corrected chi connectivity index (χ0v) is 85.7. The maximum atomic E-state index is 2.43. The second-order valence-electron chi connectivity index (χ2n) is 39.8. The van der Waals surface area contributed by atoms with Crippen molar-refractivity contribution in [3.8, 4) is 83.8 Å². The molecular formula is C142H122N6. The SMILES string of the molecule is CCC(C)c1ccc(-c2ccc3c(c2)c2cc(-c4ccc(N(c5ccccc5)c5ccccc5)cc4)ccc2n3-c2ccc(C(C)C)cc2)cc1.CCC(C)c1ccc(-c2ccc3c(c2)c2cc(-c4ccc(N(c5ccccc5)c5ccccc5)cc4)ccc2n3-c2ccc(C)cc2)cc1.CCC(C)c1ccc(-c2ccc3c(c2)c2cc(-c4ccc(N(c5ccccc5)c5ccccc5)cc4)ccc2n3-c2ccccc2)cc1. The molecule has 21 aromatic carbocycles. The first-order valence-corrected chi connectivity index (χ1v) is 52.5. The minimum Gasteiger partial charge on any atom is -0.311 e. The number of hydrogen-bond acceptors (Lipinski definition) is 3. The monoisotopic (exact) mass is 1910 g/mol. The Hall–Kier alpha value is -17.6. The molecule has 6 heteroatoms. The van der Waals surface area contributed by atoms with E-state index in [9.17, 15) is 0 Å². The quantitative estimate of drug-likeness (QED) is 0.0570. The number of rotatable bonds is 25. The average Bonchev–Trinajstić information content (AvgIpc) is 1.59. The predicted molar refractivity (Wildman–Crippen MR) is 634 cm³/mol. The topological polar surface area (TPSA) is 24.5 Å². The van der Waals surface area contributed by atoms with Crippen LogP contribution in [0.3, 0.4) is 0 Å². The number of benzene rings is 21. The predicted octanol–water partition coefficient (Wildman–Crippen LogP) is 40.7. The van der Waals surface area contributed by atoms with Crippen LogP contribution in [0.5, 0.6) is 0 Å². The molecule has 148 heavy (non-hydrogen) atoms. The number of aryl methyl sites for hydroxylation is 1. The van der Waals surface area contributed by atoms with Gasteiger partial charge in [-0.2, -0.15) is 0 Å². The Morgan fingerprint density at radius 1 is 0.169 bits per heavy atom. The van der Waals surface area contributed by atoms with Gasteiger partial charge in [-0.25, -0.2) is 0 Å². The van der Waals surface area contributed by atoms with Gasteiger partial charge in [-0.15, -0.1) is 0 Å². The van der Waals surface area contributed by atoms with E-state index in [4.69, 9.17) is 0 Å². The molecule has 0 amide bonds. The van der Waals surface area contributed by atoms with E-state index in [0.717, 1.165) is 70.4 Å². The van der Waals surface area contributed by atoms with E-state index < -0.39 is 0 Å². The molecule has 0 saturated carbocycles. The molecule has 0 N–H and O–H groups in total. The minimum atomic E-state index is 0.493. The first-order chi connectivity index (χ1) is 72.7. The van der Waals surface area contributed by atoms with E-state index in [2.05, 4.69) is 606 Å². The van der Waals surface area contributed by atoms with Crippen molar-refractivity contribution in [2.45, 2.75) is 105 Å². The van der Waals surface area contributed by atoms with Crippen molar-refractivity contribution in [2.24, 2.45) is 0 Å². The lowest BCUT2D eigenvalue weighted by molar-refractivity contribution is 0.734. The number of para-hydroxylation sites is 7. The Balaban J connectivity index is 0.000000126. The van der Waals surface area contributed by atoms with Crippen molar-refractivity contribution in [3.63, 3.8) is 0 Å². The molecule has 0 aliphatic heterocycles. The first-order valence-electron chi connectivity index (χ1n) is 52.5. The fourth-order valence-electron chi connectivity index (χ4n) is 21.2. The van der Waals surface area contributed by atoms with Crippen LogP contribution in [0.2, 0.25) is 0 Å². The second-order valence-corrected chi connectivity index (χ2v) is 39.8. The van der Waals surface area contributed by atoms with Gasteiger partial charge >= 0.3 is 0 Å². The maximum Gasteiger partial charge on any atom is 0.0541 e. The average molecular weight is 1910 g/mol. The highest BCUT2D eigenvalue weighted by atomic mass is 15.2. The van der Waals surface area contributed by atoms with Crippen molar-refractivity contribution in [1.82, 2.24) is 13.7 Å². The van der Waals surface area contributed by atoms with Crippen LogP contribution >= 0.6 is 0 Å². The Morgan fingerprint density at radius 2 is 0.338 bits per heavy atom. The molecule has 3 aromatic heterocycles. The summed E-state index contributed by atoms with van der Waals surface area (Å²) in [6.07, 6.45) is 3.44. The molecule has 0 aliphatic rings. The largest absolute Gasteiger partial charge is 0.311 e. The van der Waals surface area contributed by atoms with Gasteiger partial charge in [0.25, 0.3) is 0 Å². The number of nitrogens with zero attached hydrogens (tertiary/aromatic N) is 6. The Bertz CT molecular complexity index is 8570. The third kappa shape index (κ3) is 19.6. The number of anilines is 9. The van der Waals surface area contributed by atoms with E-state index in [1.807, 2.05) is 0 Å². The molecule has 0 aliphatic carbocycles. The van der Waals surface area contributed by atoms with Gasteiger partial charge in [0.2, 0.25) is 0 Å². The fraction of sp³-hybridized carbons (Fsp3) is 0.113. The Morgan fingerprint density at radius 3 is 0.541 bits per heavy atom. The van der Waals surface area contributed by atoms with Crippen molar-refractivity contribution in [1.29, 1.82) is 0 Å². The molecule has 3 atom stereocenters. The summed E-state index contributed by atoms with van der Waals surface area (Å²) in [5.74, 6) is 2.19. The standard InChI is InChI=1S/C49H44N2.C47H40N2.C46H38N2/c1-5-35(4)37-16-18-38(19-17-37)40-24-30-48-46(32-40)47-33-41(25-31-49(47)51(48)45-26-20-36(21-27-45)34(2)3)39-22-28-44(29-23-39)50(42-12-8-6-9-13-42)43-14-10-7-11-15-43;1-4-34(3)35-17-19-36(20-18-35)38-23-29-46-44(31-38)45-32-39(24-30-47(45)49(46)43-25-15-33(2)16-26-43)37-21-27-42(28-22-37)48(40-11-7-5-8-12-40)41-13-9-6-10-14-41;1-3-33(2)34-19-21-35(22-20-34)37-25-29-45-43(31-37)44-32-38(26-30-46(44)48(45)41-17-11-6-12-18-41)36-23-27-42(28-24-36)47(39-13-7-4-8-14-39)40-15-9-5-10-16-40/h6-35H,5H2,1-4H3;5-32,34H,4H2,1-3H3;4-33H,3H2,1-2H3. The molecule has 24 rings (SSSR count). The molecule has 0 saturated heterocycles.